The number of carbonyl (C=O) groups excluding carboxylic acids is 1. The van der Waals surface area contributed by atoms with Gasteiger partial charge in [0, 0.05) is 26.2 Å². The van der Waals surface area contributed by atoms with Crippen LogP contribution in [-0.2, 0) is 11.3 Å². The topological polar surface area (TPSA) is 65.4 Å². The number of ether oxygens (including phenoxy) is 1. The van der Waals surface area contributed by atoms with E-state index in [0.29, 0.717) is 24.6 Å². The summed E-state index contributed by atoms with van der Waals surface area (Å²) in [6.45, 7) is 6.94. The smallest absolute Gasteiger partial charge is 0.317 e. The molecule has 0 aliphatic carbocycles. The van der Waals surface area contributed by atoms with Crippen LogP contribution in [0.3, 0.4) is 0 Å². The fourth-order valence-electron chi connectivity index (χ4n) is 2.56. The number of rotatable bonds is 6. The van der Waals surface area contributed by atoms with E-state index < -0.39 is 0 Å². The van der Waals surface area contributed by atoms with Crippen LogP contribution in [-0.4, -0.2) is 36.7 Å². The molecule has 1 aliphatic heterocycles. The highest BCUT2D eigenvalue weighted by molar-refractivity contribution is 5.74. The second-order valence-corrected chi connectivity index (χ2v) is 6.38. The Hall–Kier alpha value is -2.06. The van der Waals surface area contributed by atoms with Crippen molar-refractivity contribution in [2.45, 2.75) is 39.3 Å². The number of nitrogens with zero attached hydrogens (tertiary/aromatic N) is 2. The van der Waals surface area contributed by atoms with E-state index >= 15 is 0 Å². The maximum atomic E-state index is 12.2. The van der Waals surface area contributed by atoms with Gasteiger partial charge in [-0.15, -0.1) is 0 Å². The first-order valence-corrected chi connectivity index (χ1v) is 8.22. The number of nitrogens with one attached hydrogen (secondary N) is 1. The number of hydrogen-bond donors (Lipinski definition) is 1. The zero-order valence-electron chi connectivity index (χ0n) is 13.9. The molecule has 0 spiro atoms. The number of nitriles is 1. The summed E-state index contributed by atoms with van der Waals surface area (Å²) < 4.78 is 5.83. The Balaban J connectivity index is 1.73. The molecule has 1 saturated heterocycles. The molecule has 1 aliphatic rings. The van der Waals surface area contributed by atoms with Gasteiger partial charge in [0.05, 0.1) is 17.7 Å². The minimum atomic E-state index is -0.0673. The highest BCUT2D eigenvalue weighted by Crippen LogP contribution is 2.14. The maximum absolute atomic E-state index is 12.2. The molecule has 2 amide bonds. The molecule has 0 unspecified atom stereocenters. The van der Waals surface area contributed by atoms with E-state index in [1.54, 1.807) is 17.0 Å². The number of amides is 2. The van der Waals surface area contributed by atoms with Gasteiger partial charge in [-0.1, -0.05) is 26.0 Å². The molecule has 0 aromatic heterocycles. The summed E-state index contributed by atoms with van der Waals surface area (Å²) in [7, 11) is 0. The third-order valence-electron chi connectivity index (χ3n) is 3.98. The number of likely N-dealkylation sites (tertiary alicyclic amines) is 1. The molecule has 5 heteroatoms. The normalized spacial score (nSPS) is 17.3. The van der Waals surface area contributed by atoms with E-state index in [1.807, 2.05) is 12.1 Å². The van der Waals surface area contributed by atoms with Crippen molar-refractivity contribution in [3.8, 4) is 6.07 Å². The standard InChI is InChI=1S/C18H25N3O2/c1-14(2)7-9-23-17-6-8-21(13-17)18(22)20-12-16-5-3-4-15(10-16)11-19/h3-5,10,14,17H,6-9,12-13H2,1-2H3,(H,20,22)/t17-/m1/s1. The van der Waals surface area contributed by atoms with E-state index in [0.717, 1.165) is 31.6 Å². The van der Waals surface area contributed by atoms with Crippen LogP contribution in [0, 0.1) is 17.2 Å². The monoisotopic (exact) mass is 315 g/mol. The Bertz CT molecular complexity index is 566. The van der Waals surface area contributed by atoms with Gasteiger partial charge in [-0.05, 0) is 36.5 Å². The molecule has 0 bridgehead atoms. The van der Waals surface area contributed by atoms with Crippen LogP contribution in [0.2, 0.25) is 0 Å². The lowest BCUT2D eigenvalue weighted by atomic mass is 10.1. The van der Waals surface area contributed by atoms with Gasteiger partial charge in [-0.2, -0.15) is 5.26 Å². The van der Waals surface area contributed by atoms with Gasteiger partial charge in [-0.25, -0.2) is 4.79 Å². The summed E-state index contributed by atoms with van der Waals surface area (Å²) in [6, 6.07) is 9.32. The van der Waals surface area contributed by atoms with E-state index in [2.05, 4.69) is 25.2 Å². The Morgan fingerprint density at radius 1 is 1.52 bits per heavy atom. The van der Waals surface area contributed by atoms with Crippen LogP contribution in [0.1, 0.15) is 37.8 Å². The van der Waals surface area contributed by atoms with Crippen molar-refractivity contribution in [1.82, 2.24) is 10.2 Å². The van der Waals surface area contributed by atoms with Gasteiger partial charge < -0.3 is 15.0 Å². The Kier molecular flexibility index (Phi) is 6.42. The molecule has 1 N–H and O–H groups in total. The zero-order valence-corrected chi connectivity index (χ0v) is 13.9. The minimum absolute atomic E-state index is 0.0673. The number of urea groups is 1. The van der Waals surface area contributed by atoms with Crippen molar-refractivity contribution in [3.63, 3.8) is 0 Å². The minimum Gasteiger partial charge on any atom is -0.376 e. The molecule has 1 aromatic rings. The summed E-state index contributed by atoms with van der Waals surface area (Å²) in [5, 5.41) is 11.8. The fraction of sp³-hybridized carbons (Fsp3) is 0.556. The zero-order chi connectivity index (χ0) is 16.7. The van der Waals surface area contributed by atoms with Gasteiger partial charge in [0.25, 0.3) is 0 Å². The molecule has 5 nitrogen and oxygen atoms in total. The summed E-state index contributed by atoms with van der Waals surface area (Å²) in [4.78, 5) is 14.0. The van der Waals surface area contributed by atoms with Crippen LogP contribution in [0.5, 0.6) is 0 Å². The predicted molar refractivity (Wildman–Crippen MR) is 88.8 cm³/mol. The summed E-state index contributed by atoms with van der Waals surface area (Å²) >= 11 is 0. The Morgan fingerprint density at radius 2 is 2.35 bits per heavy atom. The van der Waals surface area contributed by atoms with Crippen LogP contribution < -0.4 is 5.32 Å². The second kappa shape index (κ2) is 8.54. The molecule has 23 heavy (non-hydrogen) atoms. The molecule has 0 radical (unpaired) electrons. The SMILES string of the molecule is CC(C)CCO[C@@H]1CCN(C(=O)NCc2cccc(C#N)c2)C1. The van der Waals surface area contributed by atoms with E-state index in [4.69, 9.17) is 10.00 Å². The highest BCUT2D eigenvalue weighted by Gasteiger charge is 2.26. The maximum Gasteiger partial charge on any atom is 0.317 e. The van der Waals surface area contributed by atoms with Crippen molar-refractivity contribution in [2.75, 3.05) is 19.7 Å². The Labute approximate surface area is 138 Å². The molecule has 1 fully saturated rings. The van der Waals surface area contributed by atoms with E-state index in [-0.39, 0.29) is 12.1 Å². The van der Waals surface area contributed by atoms with Gasteiger partial charge in [0.2, 0.25) is 0 Å². The first-order valence-electron chi connectivity index (χ1n) is 8.22. The molecule has 124 valence electrons. The van der Waals surface area contributed by atoms with Crippen LogP contribution in [0.25, 0.3) is 0 Å². The van der Waals surface area contributed by atoms with Crippen molar-refractivity contribution in [1.29, 1.82) is 5.26 Å². The highest BCUT2D eigenvalue weighted by atomic mass is 16.5. The van der Waals surface area contributed by atoms with Gasteiger partial charge >= 0.3 is 6.03 Å². The second-order valence-electron chi connectivity index (χ2n) is 6.38. The van der Waals surface area contributed by atoms with Gasteiger partial charge in [0.15, 0.2) is 0 Å². The van der Waals surface area contributed by atoms with Crippen LogP contribution >= 0.6 is 0 Å². The number of carbonyl (C=O) groups is 1. The lowest BCUT2D eigenvalue weighted by Crippen LogP contribution is -2.38. The lowest BCUT2D eigenvalue weighted by Gasteiger charge is -2.18. The quantitative estimate of drug-likeness (QED) is 0.878. The lowest BCUT2D eigenvalue weighted by molar-refractivity contribution is 0.0543. The van der Waals surface area contributed by atoms with Crippen molar-refractivity contribution >= 4 is 6.03 Å². The third kappa shape index (κ3) is 5.57. The molecule has 1 heterocycles. The summed E-state index contributed by atoms with van der Waals surface area (Å²) in [6.07, 6.45) is 2.11. The number of benzene rings is 1. The van der Waals surface area contributed by atoms with Crippen molar-refractivity contribution in [3.05, 3.63) is 35.4 Å². The van der Waals surface area contributed by atoms with Gasteiger partial charge in [0.1, 0.15) is 0 Å². The first kappa shape index (κ1) is 17.3. The van der Waals surface area contributed by atoms with Gasteiger partial charge in [-0.3, -0.25) is 0 Å². The average molecular weight is 315 g/mol. The largest absolute Gasteiger partial charge is 0.376 e. The number of hydrogen-bond acceptors (Lipinski definition) is 3. The van der Waals surface area contributed by atoms with Crippen LogP contribution in [0.15, 0.2) is 24.3 Å². The molecule has 2 rings (SSSR count). The Morgan fingerprint density at radius 3 is 3.09 bits per heavy atom. The predicted octanol–water partition coefficient (Wildman–Crippen LogP) is 2.90. The van der Waals surface area contributed by atoms with E-state index in [1.165, 1.54) is 0 Å². The fourth-order valence-corrected chi connectivity index (χ4v) is 2.56. The molecule has 1 aromatic carbocycles. The van der Waals surface area contributed by atoms with Crippen molar-refractivity contribution in [2.24, 2.45) is 5.92 Å². The third-order valence-corrected chi connectivity index (χ3v) is 3.98. The average Bonchev–Trinajstić information content (AvgIpc) is 3.01. The first-order chi connectivity index (χ1) is 11.1. The molecular weight excluding hydrogens is 290 g/mol. The molecular formula is C18H25N3O2. The van der Waals surface area contributed by atoms with Crippen molar-refractivity contribution < 1.29 is 9.53 Å². The molecule has 1 atom stereocenters. The summed E-state index contributed by atoms with van der Waals surface area (Å²) in [5.41, 5.74) is 1.54. The van der Waals surface area contributed by atoms with E-state index in [9.17, 15) is 4.79 Å². The van der Waals surface area contributed by atoms with Crippen LogP contribution in [0.4, 0.5) is 4.79 Å². The summed E-state index contributed by atoms with van der Waals surface area (Å²) in [5.74, 6) is 0.639. The molecule has 0 saturated carbocycles.